The van der Waals surface area contributed by atoms with Crippen molar-refractivity contribution >= 4 is 21.5 Å². The number of rotatable bonds is 4. The van der Waals surface area contributed by atoms with Crippen LogP contribution in [0.3, 0.4) is 0 Å². The fourth-order valence-electron chi connectivity index (χ4n) is 3.75. The maximum Gasteiger partial charge on any atom is 0.267 e. The fourth-order valence-corrected chi connectivity index (χ4v) is 3.75. The Morgan fingerprint density at radius 3 is 2.36 bits per heavy atom. The summed E-state index contributed by atoms with van der Waals surface area (Å²) in [5.41, 5.74) is 0.925. The van der Waals surface area contributed by atoms with Gasteiger partial charge in [0, 0.05) is 5.56 Å². The van der Waals surface area contributed by atoms with Gasteiger partial charge in [0.2, 0.25) is 0 Å². The summed E-state index contributed by atoms with van der Waals surface area (Å²) in [6.07, 6.45) is -0.538. The molecule has 0 spiro atoms. The van der Waals surface area contributed by atoms with E-state index in [-0.39, 0.29) is 0 Å². The first-order valence-corrected chi connectivity index (χ1v) is 9.37. The van der Waals surface area contributed by atoms with Crippen LogP contribution in [0.15, 0.2) is 66.7 Å². The summed E-state index contributed by atoms with van der Waals surface area (Å²) in [5.74, 6) is 3.24. The zero-order valence-electron chi connectivity index (χ0n) is 15.8. The summed E-state index contributed by atoms with van der Waals surface area (Å²) in [6, 6.07) is 22.0. The Hall–Kier alpha value is -3.40. The summed E-state index contributed by atoms with van der Waals surface area (Å²) >= 11 is 0. The van der Waals surface area contributed by atoms with Gasteiger partial charge in [-0.3, -0.25) is 0 Å². The highest BCUT2D eigenvalue weighted by Gasteiger charge is 2.27. The van der Waals surface area contributed by atoms with Gasteiger partial charge in [-0.05, 0) is 60.2 Å². The van der Waals surface area contributed by atoms with E-state index in [4.69, 9.17) is 18.9 Å². The molecule has 4 aromatic carbocycles. The molecule has 4 aromatic rings. The Morgan fingerprint density at radius 1 is 0.857 bits per heavy atom. The lowest BCUT2D eigenvalue weighted by atomic mass is 9.99. The average Bonchev–Trinajstić information content (AvgIpc) is 2.74. The van der Waals surface area contributed by atoms with Gasteiger partial charge in [0.1, 0.15) is 23.0 Å². The van der Waals surface area contributed by atoms with Crippen LogP contribution in [0, 0.1) is 0 Å². The van der Waals surface area contributed by atoms with Crippen LogP contribution in [0.4, 0.5) is 0 Å². The van der Waals surface area contributed by atoms with Crippen LogP contribution in [0.2, 0.25) is 0 Å². The summed E-state index contributed by atoms with van der Waals surface area (Å²) in [4.78, 5) is 0. The van der Waals surface area contributed by atoms with E-state index < -0.39 is 6.29 Å². The molecule has 0 bridgehead atoms. The maximum atomic E-state index is 6.42. The van der Waals surface area contributed by atoms with E-state index in [1.54, 1.807) is 7.11 Å². The average molecular weight is 372 g/mol. The Bertz CT molecular complexity index is 1160. The molecule has 5 rings (SSSR count). The van der Waals surface area contributed by atoms with Gasteiger partial charge in [0.05, 0.1) is 24.5 Å². The van der Waals surface area contributed by atoms with Crippen LogP contribution in [0.1, 0.15) is 18.8 Å². The molecule has 4 heteroatoms. The molecule has 1 aliphatic heterocycles. The highest BCUT2D eigenvalue weighted by molar-refractivity contribution is 6.10. The third-order valence-electron chi connectivity index (χ3n) is 5.03. The lowest BCUT2D eigenvalue weighted by molar-refractivity contribution is -0.00111. The number of hydrogen-bond acceptors (Lipinski definition) is 4. The smallest absolute Gasteiger partial charge is 0.267 e. The minimum atomic E-state index is -0.538. The van der Waals surface area contributed by atoms with Crippen LogP contribution in [-0.4, -0.2) is 13.7 Å². The largest absolute Gasteiger partial charge is 0.497 e. The maximum absolute atomic E-state index is 6.42. The van der Waals surface area contributed by atoms with E-state index in [1.165, 1.54) is 0 Å². The quantitative estimate of drug-likeness (QED) is 0.420. The van der Waals surface area contributed by atoms with Crippen LogP contribution in [-0.2, 0) is 0 Å². The molecule has 28 heavy (non-hydrogen) atoms. The summed E-state index contributed by atoms with van der Waals surface area (Å²) < 4.78 is 23.8. The molecule has 0 amide bonds. The second kappa shape index (κ2) is 6.64. The molecule has 4 nitrogen and oxygen atoms in total. The lowest BCUT2D eigenvalue weighted by Crippen LogP contribution is -2.19. The first-order chi connectivity index (χ1) is 13.8. The number of hydrogen-bond donors (Lipinski definition) is 0. The number of benzene rings is 4. The highest BCUT2D eigenvalue weighted by atomic mass is 16.7. The van der Waals surface area contributed by atoms with E-state index in [1.807, 2.05) is 55.5 Å². The van der Waals surface area contributed by atoms with Crippen molar-refractivity contribution in [1.29, 1.82) is 0 Å². The van der Waals surface area contributed by atoms with Crippen LogP contribution < -0.4 is 18.9 Å². The molecular weight excluding hydrogens is 352 g/mol. The minimum absolute atomic E-state index is 0.538. The molecule has 0 saturated carbocycles. The third-order valence-corrected chi connectivity index (χ3v) is 5.03. The molecule has 140 valence electrons. The molecule has 1 unspecified atom stereocenters. The summed E-state index contributed by atoms with van der Waals surface area (Å²) in [6.45, 7) is 2.58. The summed E-state index contributed by atoms with van der Waals surface area (Å²) in [7, 11) is 1.65. The second-order valence-corrected chi connectivity index (χ2v) is 6.69. The second-order valence-electron chi connectivity index (χ2n) is 6.69. The van der Waals surface area contributed by atoms with Crippen molar-refractivity contribution in [2.45, 2.75) is 13.2 Å². The zero-order chi connectivity index (χ0) is 19.1. The van der Waals surface area contributed by atoms with Crippen molar-refractivity contribution in [3.05, 3.63) is 72.3 Å². The van der Waals surface area contributed by atoms with Gasteiger partial charge in [0.15, 0.2) is 0 Å². The molecule has 0 saturated heterocycles. The third kappa shape index (κ3) is 2.61. The summed E-state index contributed by atoms with van der Waals surface area (Å²) in [5, 5.41) is 4.13. The molecular formula is C24H20O4. The van der Waals surface area contributed by atoms with Gasteiger partial charge < -0.3 is 18.9 Å². The van der Waals surface area contributed by atoms with Crippen LogP contribution in [0.25, 0.3) is 21.5 Å². The van der Waals surface area contributed by atoms with Crippen molar-refractivity contribution < 1.29 is 18.9 Å². The van der Waals surface area contributed by atoms with Crippen LogP contribution >= 0.6 is 0 Å². The van der Waals surface area contributed by atoms with Crippen molar-refractivity contribution in [3.8, 4) is 23.0 Å². The van der Waals surface area contributed by atoms with Crippen molar-refractivity contribution in [1.82, 2.24) is 0 Å². The van der Waals surface area contributed by atoms with Gasteiger partial charge in [-0.2, -0.15) is 0 Å². The predicted molar refractivity (Wildman–Crippen MR) is 110 cm³/mol. The molecule has 0 aliphatic carbocycles. The molecule has 1 heterocycles. The topological polar surface area (TPSA) is 36.9 Å². The number of fused-ring (bicyclic) bond motifs is 2. The number of methoxy groups -OCH3 is 1. The van der Waals surface area contributed by atoms with Gasteiger partial charge in [-0.1, -0.05) is 24.3 Å². The van der Waals surface area contributed by atoms with Crippen molar-refractivity contribution in [3.63, 3.8) is 0 Å². The molecule has 0 N–H and O–H groups in total. The molecule has 0 aromatic heterocycles. The molecule has 1 aliphatic rings. The molecule has 1 atom stereocenters. The SMILES string of the molecule is CCOc1cccc2cc3cccc4c3c(c12)OC(c1ccc(OC)cc1)O4. The van der Waals surface area contributed by atoms with E-state index in [9.17, 15) is 0 Å². The molecule has 0 fully saturated rings. The van der Waals surface area contributed by atoms with Gasteiger partial charge in [-0.15, -0.1) is 0 Å². The van der Waals surface area contributed by atoms with E-state index in [2.05, 4.69) is 18.2 Å². The Balaban J connectivity index is 1.72. The van der Waals surface area contributed by atoms with Crippen molar-refractivity contribution in [2.75, 3.05) is 13.7 Å². The first-order valence-electron chi connectivity index (χ1n) is 9.37. The van der Waals surface area contributed by atoms with Crippen molar-refractivity contribution in [2.24, 2.45) is 0 Å². The Kier molecular flexibility index (Phi) is 3.97. The van der Waals surface area contributed by atoms with Gasteiger partial charge in [0.25, 0.3) is 6.29 Å². The molecule has 0 radical (unpaired) electrons. The zero-order valence-corrected chi connectivity index (χ0v) is 15.8. The fraction of sp³-hybridized carbons (Fsp3) is 0.167. The Morgan fingerprint density at radius 2 is 1.61 bits per heavy atom. The van der Waals surface area contributed by atoms with Crippen LogP contribution in [0.5, 0.6) is 23.0 Å². The lowest BCUT2D eigenvalue weighted by Gasteiger charge is -2.29. The highest BCUT2D eigenvalue weighted by Crippen LogP contribution is 2.48. The normalized spacial score (nSPS) is 15.1. The standard InChI is InChI=1S/C24H20O4/c1-3-26-19-8-4-6-16-14-17-7-5-9-20-22(17)23(21(16)19)28-24(27-20)15-10-12-18(25-2)13-11-15/h4-14,24H,3H2,1-2H3. The van der Waals surface area contributed by atoms with Gasteiger partial charge in [-0.25, -0.2) is 0 Å². The monoisotopic (exact) mass is 372 g/mol. The Labute approximate surface area is 163 Å². The number of ether oxygens (including phenoxy) is 4. The van der Waals surface area contributed by atoms with Gasteiger partial charge >= 0.3 is 0 Å². The minimum Gasteiger partial charge on any atom is -0.497 e. The van der Waals surface area contributed by atoms with E-state index >= 15 is 0 Å². The first kappa shape index (κ1) is 16.8. The predicted octanol–water partition coefficient (Wildman–Crippen LogP) is 5.87. The van der Waals surface area contributed by atoms with E-state index in [0.29, 0.717) is 6.61 Å². The van der Waals surface area contributed by atoms with E-state index in [0.717, 1.165) is 50.1 Å².